The first kappa shape index (κ1) is 16.9. The van der Waals surface area contributed by atoms with E-state index in [2.05, 4.69) is 15.6 Å². The highest BCUT2D eigenvalue weighted by atomic mass is 19.1. The third-order valence-corrected chi connectivity index (χ3v) is 2.48. The molecule has 0 saturated heterocycles. The van der Waals surface area contributed by atoms with Gasteiger partial charge in [-0.15, -0.1) is 0 Å². The van der Waals surface area contributed by atoms with Gasteiger partial charge in [0, 0.05) is 25.4 Å². The summed E-state index contributed by atoms with van der Waals surface area (Å²) in [6, 6.07) is 5.65. The number of carbonyl (C=O) groups excluding carboxylic acids is 1. The molecule has 1 aromatic carbocycles. The van der Waals surface area contributed by atoms with Crippen LogP contribution in [-0.2, 0) is 9.53 Å². The molecule has 1 rings (SSSR count). The summed E-state index contributed by atoms with van der Waals surface area (Å²) in [7, 11) is 0. The predicted octanol–water partition coefficient (Wildman–Crippen LogP) is 1.10. The van der Waals surface area contributed by atoms with Gasteiger partial charge in [-0.05, 0) is 31.5 Å². The summed E-state index contributed by atoms with van der Waals surface area (Å²) in [4.78, 5) is 15.5. The van der Waals surface area contributed by atoms with Crippen molar-refractivity contribution in [2.45, 2.75) is 13.3 Å². The summed E-state index contributed by atoms with van der Waals surface area (Å²) < 4.78 is 18.1. The Morgan fingerprint density at radius 3 is 3.00 bits per heavy atom. The fourth-order valence-corrected chi connectivity index (χ4v) is 1.51. The van der Waals surface area contributed by atoms with Gasteiger partial charge >= 0.3 is 0 Å². The topological polar surface area (TPSA) is 88.7 Å². The monoisotopic (exact) mass is 296 g/mol. The van der Waals surface area contributed by atoms with Gasteiger partial charge in [-0.3, -0.25) is 4.79 Å². The van der Waals surface area contributed by atoms with Gasteiger partial charge in [0.1, 0.15) is 12.4 Å². The number of hydrogen-bond donors (Lipinski definition) is 3. The maximum Gasteiger partial charge on any atom is 0.246 e. The zero-order valence-corrected chi connectivity index (χ0v) is 12.1. The predicted molar refractivity (Wildman–Crippen MR) is 80.6 cm³/mol. The number of nitrogens with zero attached hydrogens (tertiary/aromatic N) is 1. The van der Waals surface area contributed by atoms with Crippen molar-refractivity contribution in [3.05, 3.63) is 30.1 Å². The van der Waals surface area contributed by atoms with Crippen molar-refractivity contribution in [2.75, 3.05) is 31.6 Å². The number of anilines is 1. The summed E-state index contributed by atoms with van der Waals surface area (Å²) in [6.07, 6.45) is 0.805. The van der Waals surface area contributed by atoms with Crippen LogP contribution in [0.3, 0.4) is 0 Å². The number of carbonyl (C=O) groups is 1. The van der Waals surface area contributed by atoms with Crippen LogP contribution in [0.25, 0.3) is 0 Å². The minimum absolute atomic E-state index is 0.124. The number of halogens is 1. The molecule has 0 bridgehead atoms. The van der Waals surface area contributed by atoms with Crippen molar-refractivity contribution in [3.8, 4) is 0 Å². The number of aliphatic imine (C=N–C) groups is 1. The highest BCUT2D eigenvalue weighted by Gasteiger charge is 2.02. The van der Waals surface area contributed by atoms with Crippen molar-refractivity contribution in [2.24, 2.45) is 10.7 Å². The number of rotatable bonds is 8. The molecule has 0 spiro atoms. The summed E-state index contributed by atoms with van der Waals surface area (Å²) in [5.74, 6) is -0.577. The number of nitrogens with one attached hydrogen (secondary N) is 2. The zero-order chi connectivity index (χ0) is 15.5. The molecule has 1 amide bonds. The second-order valence-corrected chi connectivity index (χ2v) is 4.24. The van der Waals surface area contributed by atoms with E-state index in [-0.39, 0.29) is 18.4 Å². The molecule has 4 N–H and O–H groups in total. The van der Waals surface area contributed by atoms with E-state index in [1.54, 1.807) is 6.07 Å². The Morgan fingerprint density at radius 2 is 2.29 bits per heavy atom. The summed E-state index contributed by atoms with van der Waals surface area (Å²) in [6.45, 7) is 3.77. The molecule has 0 unspecified atom stereocenters. The van der Waals surface area contributed by atoms with Gasteiger partial charge in [0.15, 0.2) is 5.96 Å². The Bertz CT molecular complexity index is 480. The van der Waals surface area contributed by atoms with E-state index in [0.717, 1.165) is 6.42 Å². The SMILES string of the molecule is CCOCCCNC(N)=NCC(=O)Nc1cccc(F)c1. The lowest BCUT2D eigenvalue weighted by molar-refractivity contribution is -0.114. The fourth-order valence-electron chi connectivity index (χ4n) is 1.51. The maximum absolute atomic E-state index is 12.9. The van der Waals surface area contributed by atoms with Crippen LogP contribution >= 0.6 is 0 Å². The minimum Gasteiger partial charge on any atom is -0.382 e. The van der Waals surface area contributed by atoms with Gasteiger partial charge in [-0.25, -0.2) is 9.38 Å². The van der Waals surface area contributed by atoms with Crippen LogP contribution in [0.4, 0.5) is 10.1 Å². The second-order valence-electron chi connectivity index (χ2n) is 4.24. The smallest absolute Gasteiger partial charge is 0.246 e. The molecule has 116 valence electrons. The van der Waals surface area contributed by atoms with Crippen LogP contribution in [0.5, 0.6) is 0 Å². The third-order valence-electron chi connectivity index (χ3n) is 2.48. The van der Waals surface area contributed by atoms with Gasteiger partial charge in [0.2, 0.25) is 5.91 Å². The summed E-state index contributed by atoms with van der Waals surface area (Å²) in [5, 5.41) is 5.41. The quantitative estimate of drug-likeness (QED) is 0.381. The molecule has 0 atom stereocenters. The van der Waals surface area contributed by atoms with Crippen molar-refractivity contribution >= 4 is 17.6 Å². The standard InChI is InChI=1S/C14H21FN4O2/c1-2-21-8-4-7-17-14(16)18-10-13(20)19-12-6-3-5-11(15)9-12/h3,5-6,9H,2,4,7-8,10H2,1H3,(H,19,20)(H3,16,17,18). The van der Waals surface area contributed by atoms with Gasteiger partial charge in [-0.2, -0.15) is 0 Å². The van der Waals surface area contributed by atoms with E-state index in [1.165, 1.54) is 18.2 Å². The van der Waals surface area contributed by atoms with E-state index in [0.29, 0.717) is 25.4 Å². The Hall–Kier alpha value is -2.15. The van der Waals surface area contributed by atoms with Gasteiger partial charge in [-0.1, -0.05) is 6.07 Å². The zero-order valence-electron chi connectivity index (χ0n) is 12.1. The lowest BCUT2D eigenvalue weighted by atomic mass is 10.3. The van der Waals surface area contributed by atoms with E-state index < -0.39 is 5.82 Å². The lowest BCUT2D eigenvalue weighted by Crippen LogP contribution is -2.34. The number of ether oxygens (including phenoxy) is 1. The molecular weight excluding hydrogens is 275 g/mol. The number of hydrogen-bond acceptors (Lipinski definition) is 3. The molecule has 0 aromatic heterocycles. The molecule has 1 aromatic rings. The molecule has 0 fully saturated rings. The van der Waals surface area contributed by atoms with E-state index in [1.807, 2.05) is 6.92 Å². The first-order valence-electron chi connectivity index (χ1n) is 6.78. The molecule has 0 aliphatic carbocycles. The van der Waals surface area contributed by atoms with Crippen molar-refractivity contribution in [3.63, 3.8) is 0 Å². The third kappa shape index (κ3) is 7.88. The molecule has 0 heterocycles. The van der Waals surface area contributed by atoms with Crippen LogP contribution in [-0.4, -0.2) is 38.2 Å². The number of amides is 1. The normalized spacial score (nSPS) is 11.2. The fraction of sp³-hybridized carbons (Fsp3) is 0.429. The average Bonchev–Trinajstić information content (AvgIpc) is 2.45. The van der Waals surface area contributed by atoms with Crippen LogP contribution < -0.4 is 16.4 Å². The molecule has 0 saturated carbocycles. The highest BCUT2D eigenvalue weighted by molar-refractivity contribution is 5.93. The molecule has 21 heavy (non-hydrogen) atoms. The molecule has 0 aliphatic rings. The number of nitrogens with two attached hydrogens (primary N) is 1. The molecular formula is C14H21FN4O2. The summed E-state index contributed by atoms with van der Waals surface area (Å²) in [5.41, 5.74) is 6.00. The number of benzene rings is 1. The van der Waals surface area contributed by atoms with Gasteiger partial charge < -0.3 is 21.1 Å². The first-order valence-corrected chi connectivity index (χ1v) is 6.78. The van der Waals surface area contributed by atoms with E-state index >= 15 is 0 Å². The maximum atomic E-state index is 12.9. The Balaban J connectivity index is 2.26. The van der Waals surface area contributed by atoms with E-state index in [4.69, 9.17) is 10.5 Å². The Labute approximate surface area is 123 Å². The highest BCUT2D eigenvalue weighted by Crippen LogP contribution is 2.08. The van der Waals surface area contributed by atoms with Crippen LogP contribution in [0, 0.1) is 5.82 Å². The largest absolute Gasteiger partial charge is 0.382 e. The van der Waals surface area contributed by atoms with Crippen molar-refractivity contribution in [1.29, 1.82) is 0 Å². The Kier molecular flexibility index (Phi) is 7.81. The molecule has 7 heteroatoms. The molecule has 0 aliphatic heterocycles. The van der Waals surface area contributed by atoms with Crippen molar-refractivity contribution < 1.29 is 13.9 Å². The Morgan fingerprint density at radius 1 is 1.48 bits per heavy atom. The second kappa shape index (κ2) is 9.71. The summed E-state index contributed by atoms with van der Waals surface area (Å²) >= 11 is 0. The van der Waals surface area contributed by atoms with Crippen molar-refractivity contribution in [1.82, 2.24) is 5.32 Å². The lowest BCUT2D eigenvalue weighted by Gasteiger charge is -2.06. The molecule has 6 nitrogen and oxygen atoms in total. The van der Waals surface area contributed by atoms with Gasteiger partial charge in [0.05, 0.1) is 0 Å². The first-order chi connectivity index (χ1) is 10.1. The van der Waals surface area contributed by atoms with Crippen LogP contribution in [0.15, 0.2) is 29.3 Å². The van der Waals surface area contributed by atoms with Crippen LogP contribution in [0.1, 0.15) is 13.3 Å². The van der Waals surface area contributed by atoms with Gasteiger partial charge in [0.25, 0.3) is 0 Å². The minimum atomic E-state index is -0.410. The van der Waals surface area contributed by atoms with Crippen LogP contribution in [0.2, 0.25) is 0 Å². The average molecular weight is 296 g/mol. The molecule has 0 radical (unpaired) electrons. The number of guanidine groups is 1. The van der Waals surface area contributed by atoms with E-state index in [9.17, 15) is 9.18 Å².